The van der Waals surface area contributed by atoms with Crippen molar-refractivity contribution in [1.82, 2.24) is 0 Å². The number of benzene rings is 1. The monoisotopic (exact) mass is 585 g/mol. The average molecular weight is 586 g/mol. The summed E-state index contributed by atoms with van der Waals surface area (Å²) >= 11 is 0. The quantitative estimate of drug-likeness (QED) is 0.174. The molecule has 0 N–H and O–H groups in total. The fourth-order valence-corrected chi connectivity index (χ4v) is 10.4. The average Bonchev–Trinajstić information content (AvgIpc) is 3.51. The number of amides is 2. The number of nitrogens with zero attached hydrogens (tertiary/aromatic N) is 1. The third-order valence-electron chi connectivity index (χ3n) is 12.7. The number of carbonyl (C=O) groups excluding carboxylic acids is 3. The maximum atomic E-state index is 13.1. The van der Waals surface area contributed by atoms with Crippen LogP contribution >= 0.6 is 0 Å². The van der Waals surface area contributed by atoms with Crippen LogP contribution in [0.15, 0.2) is 48.1 Å². The Balaban J connectivity index is 1.09. The lowest BCUT2D eigenvalue weighted by Gasteiger charge is -2.58. The molecular formula is C38H51NO4. The van der Waals surface area contributed by atoms with Crippen LogP contribution in [0.25, 0.3) is 0 Å². The van der Waals surface area contributed by atoms with Crippen LogP contribution < -0.4 is 4.90 Å². The molecule has 0 aromatic heterocycles. The van der Waals surface area contributed by atoms with Gasteiger partial charge in [0.15, 0.2) is 0 Å². The van der Waals surface area contributed by atoms with E-state index in [0.29, 0.717) is 16.7 Å². The van der Waals surface area contributed by atoms with E-state index >= 15 is 0 Å². The van der Waals surface area contributed by atoms with Gasteiger partial charge in [-0.2, -0.15) is 0 Å². The highest BCUT2D eigenvalue weighted by Gasteiger charge is 2.59. The predicted octanol–water partition coefficient (Wildman–Crippen LogP) is 8.68. The first-order valence-corrected chi connectivity index (χ1v) is 17.1. The van der Waals surface area contributed by atoms with Gasteiger partial charge in [-0.1, -0.05) is 65.5 Å². The highest BCUT2D eigenvalue weighted by Crippen LogP contribution is 2.67. The number of hydrogen-bond donors (Lipinski definition) is 0. The van der Waals surface area contributed by atoms with Gasteiger partial charge in [0.25, 0.3) is 11.8 Å². The molecule has 6 rings (SSSR count). The summed E-state index contributed by atoms with van der Waals surface area (Å²) in [5.41, 5.74) is 3.14. The Kier molecular flexibility index (Phi) is 8.23. The van der Waals surface area contributed by atoms with Crippen LogP contribution in [-0.2, 0) is 14.3 Å². The van der Waals surface area contributed by atoms with Crippen molar-refractivity contribution < 1.29 is 19.1 Å². The predicted molar refractivity (Wildman–Crippen MR) is 170 cm³/mol. The first-order valence-electron chi connectivity index (χ1n) is 17.1. The fourth-order valence-electron chi connectivity index (χ4n) is 10.4. The zero-order valence-corrected chi connectivity index (χ0v) is 26.9. The second-order valence-electron chi connectivity index (χ2n) is 15.5. The standard InChI is InChI=1S/C38H51NO4/c1-24(2)7-6-8-25(3)31-15-16-32-30-14-11-27-23-29(19-21-37(27,4)33(30)20-22-38(31,32)5)43-36(42)26-9-12-28(13-10-26)39-34(40)17-18-35(39)41/h9-13,17-18,24-25,29-33H,6-8,14-16,19-23H2,1-5H3/t25-,29+,30+,31-,32+,33+,37+,38-/m1/s1. The number of fused-ring (bicyclic) bond motifs is 5. The van der Waals surface area contributed by atoms with Crippen LogP contribution in [0.1, 0.15) is 116 Å². The van der Waals surface area contributed by atoms with Crippen molar-refractivity contribution in [1.29, 1.82) is 0 Å². The summed E-state index contributed by atoms with van der Waals surface area (Å²) in [7, 11) is 0. The SMILES string of the molecule is CC(C)CCC[C@@H](C)[C@H]1CC[C@H]2[C@@H]3CC=C4C[C@@H](OC(=O)c5ccc(N6C(=O)C=CC6=O)cc5)CC[C@]4(C)[C@H]3CC[C@]12C. The first kappa shape index (κ1) is 30.3. The molecular weight excluding hydrogens is 534 g/mol. The van der Waals surface area contributed by atoms with Crippen molar-refractivity contribution in [3.8, 4) is 0 Å². The molecule has 4 aliphatic carbocycles. The summed E-state index contributed by atoms with van der Waals surface area (Å²) in [6, 6.07) is 6.57. The number of esters is 1. The molecule has 0 unspecified atom stereocenters. The molecule has 232 valence electrons. The van der Waals surface area contributed by atoms with Gasteiger partial charge >= 0.3 is 5.97 Å². The number of allylic oxidation sites excluding steroid dienone is 1. The number of anilines is 1. The molecule has 1 heterocycles. The molecule has 43 heavy (non-hydrogen) atoms. The van der Waals surface area contributed by atoms with Gasteiger partial charge in [-0.15, -0.1) is 0 Å². The lowest BCUT2D eigenvalue weighted by molar-refractivity contribution is -0.119. The topological polar surface area (TPSA) is 63.7 Å². The minimum absolute atomic E-state index is 0.106. The third-order valence-corrected chi connectivity index (χ3v) is 12.7. The van der Waals surface area contributed by atoms with Gasteiger partial charge < -0.3 is 4.74 Å². The van der Waals surface area contributed by atoms with E-state index in [9.17, 15) is 14.4 Å². The zero-order valence-electron chi connectivity index (χ0n) is 26.9. The Morgan fingerprint density at radius 1 is 0.930 bits per heavy atom. The molecule has 8 atom stereocenters. The lowest BCUT2D eigenvalue weighted by Crippen LogP contribution is -2.51. The molecule has 5 nitrogen and oxygen atoms in total. The molecule has 5 aliphatic rings. The maximum absolute atomic E-state index is 13.1. The number of carbonyl (C=O) groups is 3. The number of rotatable bonds is 8. The Bertz CT molecular complexity index is 1290. The summed E-state index contributed by atoms with van der Waals surface area (Å²) < 4.78 is 6.05. The van der Waals surface area contributed by atoms with E-state index in [-0.39, 0.29) is 29.3 Å². The molecule has 1 aromatic rings. The largest absolute Gasteiger partial charge is 0.458 e. The molecule has 3 fully saturated rings. The van der Waals surface area contributed by atoms with Crippen LogP contribution in [0.5, 0.6) is 0 Å². The summed E-state index contributed by atoms with van der Waals surface area (Å²) in [4.78, 5) is 38.2. The van der Waals surface area contributed by atoms with Gasteiger partial charge in [0.05, 0.1) is 11.3 Å². The van der Waals surface area contributed by atoms with Crippen molar-refractivity contribution in [3.63, 3.8) is 0 Å². The van der Waals surface area contributed by atoms with Gasteiger partial charge in [0.1, 0.15) is 6.10 Å². The maximum Gasteiger partial charge on any atom is 0.338 e. The van der Waals surface area contributed by atoms with E-state index in [1.165, 1.54) is 69.1 Å². The second-order valence-corrected chi connectivity index (χ2v) is 15.5. The van der Waals surface area contributed by atoms with Gasteiger partial charge in [0, 0.05) is 18.6 Å². The normalized spacial score (nSPS) is 35.8. The summed E-state index contributed by atoms with van der Waals surface area (Å²) in [6.07, 6.45) is 18.7. The second kappa shape index (κ2) is 11.7. The van der Waals surface area contributed by atoms with E-state index < -0.39 is 0 Å². The highest BCUT2D eigenvalue weighted by molar-refractivity contribution is 6.28. The minimum atomic E-state index is -0.365. The minimum Gasteiger partial charge on any atom is -0.458 e. The third kappa shape index (κ3) is 5.44. The van der Waals surface area contributed by atoms with E-state index in [0.717, 1.165) is 59.7 Å². The molecule has 5 heteroatoms. The van der Waals surface area contributed by atoms with Crippen LogP contribution in [0.3, 0.4) is 0 Å². The molecule has 3 saturated carbocycles. The molecule has 0 spiro atoms. The van der Waals surface area contributed by atoms with Crippen molar-refractivity contribution in [2.45, 2.75) is 111 Å². The molecule has 1 aliphatic heterocycles. The fraction of sp³-hybridized carbons (Fsp3) is 0.658. The highest BCUT2D eigenvalue weighted by atomic mass is 16.5. The van der Waals surface area contributed by atoms with Crippen LogP contribution in [0.4, 0.5) is 5.69 Å². The van der Waals surface area contributed by atoms with Crippen molar-refractivity contribution in [2.24, 2.45) is 46.3 Å². The zero-order chi connectivity index (χ0) is 30.5. The van der Waals surface area contributed by atoms with Gasteiger partial charge in [-0.3, -0.25) is 9.59 Å². The molecule has 0 saturated heterocycles. The summed E-state index contributed by atoms with van der Waals surface area (Å²) in [6.45, 7) is 12.4. The number of hydrogen-bond acceptors (Lipinski definition) is 4. The molecule has 2 amide bonds. The number of ether oxygens (including phenoxy) is 1. The first-order chi connectivity index (χ1) is 20.5. The van der Waals surface area contributed by atoms with Gasteiger partial charge in [-0.05, 0) is 116 Å². The van der Waals surface area contributed by atoms with Gasteiger partial charge in [-0.25, -0.2) is 9.69 Å². The Morgan fingerprint density at radius 3 is 2.35 bits per heavy atom. The smallest absolute Gasteiger partial charge is 0.338 e. The van der Waals surface area contributed by atoms with Crippen LogP contribution in [0.2, 0.25) is 0 Å². The van der Waals surface area contributed by atoms with Crippen LogP contribution in [0, 0.1) is 46.3 Å². The number of imide groups is 1. The van der Waals surface area contributed by atoms with Gasteiger partial charge in [0.2, 0.25) is 0 Å². The summed E-state index contributed by atoms with van der Waals surface area (Å²) in [5.74, 6) is 3.84. The van der Waals surface area contributed by atoms with Crippen LogP contribution in [-0.4, -0.2) is 23.9 Å². The molecule has 0 radical (unpaired) electrons. The molecule has 0 bridgehead atoms. The Labute approximate surface area is 258 Å². The van der Waals surface area contributed by atoms with E-state index in [1.807, 2.05) is 0 Å². The van der Waals surface area contributed by atoms with E-state index in [2.05, 4.69) is 40.7 Å². The van der Waals surface area contributed by atoms with Crippen molar-refractivity contribution in [3.05, 3.63) is 53.6 Å². The molecule has 1 aromatic carbocycles. The Hall–Kier alpha value is -2.69. The van der Waals surface area contributed by atoms with E-state index in [1.54, 1.807) is 24.3 Å². The Morgan fingerprint density at radius 2 is 1.65 bits per heavy atom. The van der Waals surface area contributed by atoms with Crippen molar-refractivity contribution in [2.75, 3.05) is 4.90 Å². The summed E-state index contributed by atoms with van der Waals surface area (Å²) in [5, 5.41) is 0. The van der Waals surface area contributed by atoms with Crippen molar-refractivity contribution >= 4 is 23.5 Å². The lowest BCUT2D eigenvalue weighted by atomic mass is 9.47. The van der Waals surface area contributed by atoms with E-state index in [4.69, 9.17) is 4.74 Å².